The highest BCUT2D eigenvalue weighted by molar-refractivity contribution is 7.99. The normalized spacial score (nSPS) is 14.6. The lowest BCUT2D eigenvalue weighted by atomic mass is 10.1. The van der Waals surface area contributed by atoms with Crippen LogP contribution in [0.2, 0.25) is 0 Å². The first-order valence-electron chi connectivity index (χ1n) is 9.07. The molecule has 0 aliphatic carbocycles. The van der Waals surface area contributed by atoms with Crippen molar-refractivity contribution < 1.29 is 4.79 Å². The fraction of sp³-hybridized carbons (Fsp3) is 0.368. The first-order valence-corrected chi connectivity index (χ1v) is 10.1. The number of carbonyl (C=O) groups is 1. The number of benzene rings is 1. The third kappa shape index (κ3) is 3.75. The summed E-state index contributed by atoms with van der Waals surface area (Å²) in [6.07, 6.45) is 4.84. The van der Waals surface area contributed by atoms with Crippen LogP contribution in [0.25, 0.3) is 16.7 Å². The number of amides is 1. The standard InChI is InChI=1S/C19H21N5O2S/c1-13-6-5-7-14(10-13)24-17-15(11-20-24)18(26)22-19(21-17)27-12-16(25)23-8-3-2-4-9-23/h5-7,10-11H,2-4,8-9,12H2,1H3,(H,21,22,26). The number of likely N-dealkylation sites (tertiary alicyclic amines) is 1. The first kappa shape index (κ1) is 17.8. The van der Waals surface area contributed by atoms with Crippen LogP contribution in [0, 0.1) is 6.92 Å². The summed E-state index contributed by atoms with van der Waals surface area (Å²) < 4.78 is 1.66. The Hall–Kier alpha value is -2.61. The van der Waals surface area contributed by atoms with Crippen molar-refractivity contribution in [2.45, 2.75) is 31.3 Å². The van der Waals surface area contributed by atoms with Crippen molar-refractivity contribution in [2.75, 3.05) is 18.8 Å². The maximum Gasteiger partial charge on any atom is 0.262 e. The number of nitrogens with zero attached hydrogens (tertiary/aromatic N) is 4. The largest absolute Gasteiger partial charge is 0.342 e. The fourth-order valence-electron chi connectivity index (χ4n) is 3.28. The van der Waals surface area contributed by atoms with Gasteiger partial charge in [0.15, 0.2) is 10.8 Å². The van der Waals surface area contributed by atoms with Crippen molar-refractivity contribution >= 4 is 28.7 Å². The third-order valence-corrected chi connectivity index (χ3v) is 5.56. The molecule has 0 atom stereocenters. The van der Waals surface area contributed by atoms with E-state index in [1.807, 2.05) is 36.1 Å². The molecule has 0 saturated carbocycles. The topological polar surface area (TPSA) is 83.9 Å². The summed E-state index contributed by atoms with van der Waals surface area (Å²) in [5.41, 5.74) is 2.20. The van der Waals surface area contributed by atoms with E-state index in [9.17, 15) is 9.59 Å². The van der Waals surface area contributed by atoms with Crippen molar-refractivity contribution in [1.82, 2.24) is 24.6 Å². The number of aromatic nitrogens is 4. The van der Waals surface area contributed by atoms with E-state index in [0.717, 1.165) is 37.2 Å². The molecule has 0 bridgehead atoms. The van der Waals surface area contributed by atoms with Gasteiger partial charge in [-0.25, -0.2) is 9.67 Å². The van der Waals surface area contributed by atoms with Gasteiger partial charge in [0.25, 0.3) is 5.56 Å². The maximum atomic E-state index is 12.4. The van der Waals surface area contributed by atoms with Gasteiger partial charge in [0.2, 0.25) is 5.91 Å². The Balaban J connectivity index is 1.59. The number of hydrogen-bond donors (Lipinski definition) is 1. The lowest BCUT2D eigenvalue weighted by molar-refractivity contribution is -0.129. The lowest BCUT2D eigenvalue weighted by Gasteiger charge is -2.26. The Morgan fingerprint density at radius 1 is 1.26 bits per heavy atom. The number of aryl methyl sites for hydroxylation is 1. The first-order chi connectivity index (χ1) is 13.1. The van der Waals surface area contributed by atoms with E-state index in [0.29, 0.717) is 16.2 Å². The summed E-state index contributed by atoms with van der Waals surface area (Å²) in [4.78, 5) is 34.0. The predicted molar refractivity (Wildman–Crippen MR) is 105 cm³/mol. The van der Waals surface area contributed by atoms with Crippen LogP contribution < -0.4 is 5.56 Å². The Morgan fingerprint density at radius 3 is 2.85 bits per heavy atom. The Labute approximate surface area is 160 Å². The van der Waals surface area contributed by atoms with E-state index in [4.69, 9.17) is 0 Å². The molecular weight excluding hydrogens is 362 g/mol. The second-order valence-electron chi connectivity index (χ2n) is 6.73. The number of piperidine rings is 1. The van der Waals surface area contributed by atoms with Crippen LogP contribution in [-0.4, -0.2) is 49.4 Å². The highest BCUT2D eigenvalue weighted by Crippen LogP contribution is 2.19. The number of rotatable bonds is 4. The van der Waals surface area contributed by atoms with E-state index >= 15 is 0 Å². The molecule has 2 aromatic heterocycles. The molecule has 1 amide bonds. The van der Waals surface area contributed by atoms with Crippen molar-refractivity contribution in [2.24, 2.45) is 0 Å². The van der Waals surface area contributed by atoms with E-state index in [-0.39, 0.29) is 17.2 Å². The van der Waals surface area contributed by atoms with Gasteiger partial charge < -0.3 is 9.88 Å². The van der Waals surface area contributed by atoms with E-state index in [2.05, 4.69) is 15.1 Å². The average Bonchev–Trinajstić information content (AvgIpc) is 3.11. The van der Waals surface area contributed by atoms with Crippen molar-refractivity contribution in [1.29, 1.82) is 0 Å². The third-order valence-electron chi connectivity index (χ3n) is 4.70. The number of fused-ring (bicyclic) bond motifs is 1. The fourth-order valence-corrected chi connectivity index (χ4v) is 4.04. The Bertz CT molecular complexity index is 1040. The van der Waals surface area contributed by atoms with Crippen LogP contribution >= 0.6 is 11.8 Å². The molecule has 0 unspecified atom stereocenters. The second-order valence-corrected chi connectivity index (χ2v) is 7.70. The molecule has 1 aromatic carbocycles. The number of carbonyl (C=O) groups excluding carboxylic acids is 1. The van der Waals surface area contributed by atoms with Crippen molar-refractivity contribution in [3.05, 3.63) is 46.4 Å². The minimum atomic E-state index is -0.244. The highest BCUT2D eigenvalue weighted by atomic mass is 32.2. The van der Waals surface area contributed by atoms with Gasteiger partial charge in [0, 0.05) is 13.1 Å². The summed E-state index contributed by atoms with van der Waals surface area (Å²) in [6.45, 7) is 3.65. The molecule has 1 aliphatic rings. The predicted octanol–water partition coefficient (Wildman–Crippen LogP) is 2.52. The van der Waals surface area contributed by atoms with Crippen molar-refractivity contribution in [3.63, 3.8) is 0 Å². The summed E-state index contributed by atoms with van der Waals surface area (Å²) in [5.74, 6) is 0.363. The van der Waals surface area contributed by atoms with E-state index in [1.165, 1.54) is 24.4 Å². The molecule has 0 spiro atoms. The lowest BCUT2D eigenvalue weighted by Crippen LogP contribution is -2.36. The zero-order valence-electron chi connectivity index (χ0n) is 15.1. The van der Waals surface area contributed by atoms with Crippen LogP contribution in [0.15, 0.2) is 40.4 Å². The molecule has 3 heterocycles. The van der Waals surface area contributed by atoms with Crippen LogP contribution in [0.1, 0.15) is 24.8 Å². The van der Waals surface area contributed by atoms with Gasteiger partial charge >= 0.3 is 0 Å². The molecule has 1 fully saturated rings. The average molecular weight is 383 g/mol. The molecule has 3 aromatic rings. The van der Waals surface area contributed by atoms with Gasteiger partial charge in [-0.05, 0) is 43.9 Å². The van der Waals surface area contributed by atoms with Crippen LogP contribution in [0.3, 0.4) is 0 Å². The van der Waals surface area contributed by atoms with Crippen LogP contribution in [0.4, 0.5) is 0 Å². The van der Waals surface area contributed by atoms with Gasteiger partial charge in [0.05, 0.1) is 17.6 Å². The maximum absolute atomic E-state index is 12.4. The summed E-state index contributed by atoms with van der Waals surface area (Å²) in [7, 11) is 0. The number of thioether (sulfide) groups is 1. The van der Waals surface area contributed by atoms with Gasteiger partial charge in [-0.2, -0.15) is 5.10 Å². The molecule has 27 heavy (non-hydrogen) atoms. The summed E-state index contributed by atoms with van der Waals surface area (Å²) >= 11 is 1.26. The highest BCUT2D eigenvalue weighted by Gasteiger charge is 2.18. The van der Waals surface area contributed by atoms with Crippen LogP contribution in [0.5, 0.6) is 0 Å². The molecule has 1 aliphatic heterocycles. The monoisotopic (exact) mass is 383 g/mol. The molecule has 140 valence electrons. The number of nitrogens with one attached hydrogen (secondary N) is 1. The zero-order chi connectivity index (χ0) is 18.8. The summed E-state index contributed by atoms with van der Waals surface area (Å²) in [5, 5.41) is 5.20. The van der Waals surface area contributed by atoms with Gasteiger partial charge in [0.1, 0.15) is 5.39 Å². The van der Waals surface area contributed by atoms with Crippen LogP contribution in [-0.2, 0) is 4.79 Å². The molecule has 7 nitrogen and oxygen atoms in total. The van der Waals surface area contributed by atoms with E-state index < -0.39 is 0 Å². The molecule has 0 radical (unpaired) electrons. The SMILES string of the molecule is Cc1cccc(-n2ncc3c(=O)[nH]c(SCC(=O)N4CCCCC4)nc32)c1. The van der Waals surface area contributed by atoms with Crippen molar-refractivity contribution in [3.8, 4) is 5.69 Å². The molecule has 1 saturated heterocycles. The zero-order valence-corrected chi connectivity index (χ0v) is 16.0. The van der Waals surface area contributed by atoms with Gasteiger partial charge in [-0.15, -0.1) is 0 Å². The Kier molecular flexibility index (Phi) is 4.98. The molecule has 8 heteroatoms. The van der Waals surface area contributed by atoms with Gasteiger partial charge in [-0.3, -0.25) is 9.59 Å². The van der Waals surface area contributed by atoms with E-state index in [1.54, 1.807) is 4.68 Å². The number of H-pyrrole nitrogens is 1. The minimum Gasteiger partial charge on any atom is -0.342 e. The number of aromatic amines is 1. The Morgan fingerprint density at radius 2 is 2.07 bits per heavy atom. The molecule has 4 rings (SSSR count). The second kappa shape index (κ2) is 7.56. The summed E-state index contributed by atoms with van der Waals surface area (Å²) in [6, 6.07) is 7.86. The number of hydrogen-bond acceptors (Lipinski definition) is 5. The molecule has 1 N–H and O–H groups in total. The minimum absolute atomic E-state index is 0.0923. The smallest absolute Gasteiger partial charge is 0.262 e. The van der Waals surface area contributed by atoms with Gasteiger partial charge in [-0.1, -0.05) is 23.9 Å². The molecular formula is C19H21N5O2S. The quantitative estimate of drug-likeness (QED) is 0.553.